The summed E-state index contributed by atoms with van der Waals surface area (Å²) in [6.07, 6.45) is 1.61. The van der Waals surface area contributed by atoms with E-state index in [1.54, 1.807) is 20.8 Å². The molecule has 0 saturated carbocycles. The maximum Gasteiger partial charge on any atom is 0.338 e. The minimum absolute atomic E-state index is 0.00198. The van der Waals surface area contributed by atoms with E-state index in [1.807, 2.05) is 5.32 Å². The number of rotatable bonds is 5. The third kappa shape index (κ3) is 6.03. The molecule has 28 heavy (non-hydrogen) atoms. The Balaban J connectivity index is 1.96. The Labute approximate surface area is 164 Å². The summed E-state index contributed by atoms with van der Waals surface area (Å²) < 4.78 is 31.4. The maximum absolute atomic E-state index is 12.6. The van der Waals surface area contributed by atoms with Crippen molar-refractivity contribution in [1.29, 1.82) is 0 Å². The van der Waals surface area contributed by atoms with Crippen molar-refractivity contribution in [3.63, 3.8) is 0 Å². The SMILES string of the molecule is CC(C)(C)NC(=O)NC(=O)COC(=O)c1cccc(S(=O)(=O)N2CCCC2)c1. The monoisotopic (exact) mass is 411 g/mol. The molecule has 0 unspecified atom stereocenters. The number of ether oxygens (including phenoxy) is 1. The van der Waals surface area contributed by atoms with Gasteiger partial charge >= 0.3 is 12.0 Å². The van der Waals surface area contributed by atoms with Gasteiger partial charge in [-0.05, 0) is 51.8 Å². The van der Waals surface area contributed by atoms with Gasteiger partial charge in [0.15, 0.2) is 6.61 Å². The average molecular weight is 411 g/mol. The molecule has 1 aliphatic rings. The lowest BCUT2D eigenvalue weighted by Crippen LogP contribution is -2.49. The van der Waals surface area contributed by atoms with Crippen molar-refractivity contribution in [3.8, 4) is 0 Å². The van der Waals surface area contributed by atoms with Crippen molar-refractivity contribution in [2.24, 2.45) is 0 Å². The number of sulfonamides is 1. The summed E-state index contributed by atoms with van der Waals surface area (Å²) in [5.74, 6) is -1.65. The van der Waals surface area contributed by atoms with Gasteiger partial charge in [0.2, 0.25) is 10.0 Å². The van der Waals surface area contributed by atoms with E-state index in [4.69, 9.17) is 4.74 Å². The lowest BCUT2D eigenvalue weighted by molar-refractivity contribution is -0.123. The molecule has 1 fully saturated rings. The molecule has 0 bridgehead atoms. The summed E-state index contributed by atoms with van der Waals surface area (Å²) in [6.45, 7) is 5.49. The number of hydrogen-bond donors (Lipinski definition) is 2. The van der Waals surface area contributed by atoms with E-state index in [2.05, 4.69) is 5.32 Å². The fourth-order valence-electron chi connectivity index (χ4n) is 2.61. The van der Waals surface area contributed by atoms with E-state index in [-0.39, 0.29) is 10.5 Å². The minimum atomic E-state index is -3.67. The summed E-state index contributed by atoms with van der Waals surface area (Å²) >= 11 is 0. The molecule has 2 rings (SSSR count). The topological polar surface area (TPSA) is 122 Å². The van der Waals surface area contributed by atoms with Crippen LogP contribution in [0.5, 0.6) is 0 Å². The summed E-state index contributed by atoms with van der Waals surface area (Å²) in [5.41, 5.74) is -0.519. The highest BCUT2D eigenvalue weighted by molar-refractivity contribution is 7.89. The third-order valence-corrected chi connectivity index (χ3v) is 5.74. The van der Waals surface area contributed by atoms with Crippen LogP contribution < -0.4 is 10.6 Å². The molecule has 0 radical (unpaired) electrons. The molecule has 1 aliphatic heterocycles. The first-order valence-electron chi connectivity index (χ1n) is 8.88. The number of benzene rings is 1. The van der Waals surface area contributed by atoms with E-state index in [9.17, 15) is 22.8 Å². The molecular weight excluding hydrogens is 386 g/mol. The van der Waals surface area contributed by atoms with E-state index in [0.29, 0.717) is 13.1 Å². The normalized spacial score (nSPS) is 15.1. The molecule has 10 heteroatoms. The Morgan fingerprint density at radius 1 is 1.14 bits per heavy atom. The van der Waals surface area contributed by atoms with Crippen molar-refractivity contribution in [1.82, 2.24) is 14.9 Å². The van der Waals surface area contributed by atoms with Crippen LogP contribution in [0.3, 0.4) is 0 Å². The Hall–Kier alpha value is -2.46. The van der Waals surface area contributed by atoms with E-state index < -0.39 is 40.1 Å². The predicted molar refractivity (Wildman–Crippen MR) is 101 cm³/mol. The van der Waals surface area contributed by atoms with E-state index in [0.717, 1.165) is 12.8 Å². The number of amides is 3. The number of nitrogens with one attached hydrogen (secondary N) is 2. The van der Waals surface area contributed by atoms with Gasteiger partial charge in [0.25, 0.3) is 5.91 Å². The van der Waals surface area contributed by atoms with Gasteiger partial charge in [0, 0.05) is 18.6 Å². The van der Waals surface area contributed by atoms with Crippen LogP contribution in [0.1, 0.15) is 44.0 Å². The van der Waals surface area contributed by atoms with Gasteiger partial charge < -0.3 is 10.1 Å². The number of hydrogen-bond acceptors (Lipinski definition) is 6. The van der Waals surface area contributed by atoms with Crippen molar-refractivity contribution in [3.05, 3.63) is 29.8 Å². The van der Waals surface area contributed by atoms with Gasteiger partial charge in [-0.1, -0.05) is 6.07 Å². The number of carbonyl (C=O) groups is 3. The molecule has 1 aromatic rings. The first-order chi connectivity index (χ1) is 13.0. The highest BCUT2D eigenvalue weighted by atomic mass is 32.2. The van der Waals surface area contributed by atoms with Crippen LogP contribution in [0.25, 0.3) is 0 Å². The van der Waals surface area contributed by atoms with Crippen LogP contribution in [0, 0.1) is 0 Å². The summed E-state index contributed by atoms with van der Waals surface area (Å²) in [4.78, 5) is 35.5. The Morgan fingerprint density at radius 2 is 1.79 bits per heavy atom. The van der Waals surface area contributed by atoms with Crippen LogP contribution in [-0.2, 0) is 19.6 Å². The van der Waals surface area contributed by atoms with Crippen LogP contribution in [0.2, 0.25) is 0 Å². The van der Waals surface area contributed by atoms with Gasteiger partial charge in [0.05, 0.1) is 10.5 Å². The van der Waals surface area contributed by atoms with Crippen molar-refractivity contribution >= 4 is 27.9 Å². The maximum atomic E-state index is 12.6. The van der Waals surface area contributed by atoms with Crippen molar-refractivity contribution < 1.29 is 27.5 Å². The van der Waals surface area contributed by atoms with Gasteiger partial charge in [-0.3, -0.25) is 10.1 Å². The summed E-state index contributed by atoms with van der Waals surface area (Å²) in [6, 6.07) is 4.77. The van der Waals surface area contributed by atoms with Crippen molar-refractivity contribution in [2.45, 2.75) is 44.0 Å². The molecule has 9 nitrogen and oxygen atoms in total. The fourth-order valence-corrected chi connectivity index (χ4v) is 4.17. The second kappa shape index (κ2) is 8.70. The molecule has 0 aromatic heterocycles. The number of carbonyl (C=O) groups excluding carboxylic acids is 3. The van der Waals surface area contributed by atoms with Crippen LogP contribution in [-0.4, -0.2) is 55.9 Å². The van der Waals surface area contributed by atoms with Gasteiger partial charge in [-0.25, -0.2) is 18.0 Å². The molecule has 1 saturated heterocycles. The Kier molecular flexibility index (Phi) is 6.78. The zero-order valence-electron chi connectivity index (χ0n) is 16.1. The van der Waals surface area contributed by atoms with Gasteiger partial charge in [-0.2, -0.15) is 4.31 Å². The number of urea groups is 1. The molecule has 2 N–H and O–H groups in total. The number of nitrogens with zero attached hydrogens (tertiary/aromatic N) is 1. The molecule has 1 heterocycles. The molecule has 1 aromatic carbocycles. The summed E-state index contributed by atoms with van der Waals surface area (Å²) in [7, 11) is -3.67. The van der Waals surface area contributed by atoms with E-state index >= 15 is 0 Å². The van der Waals surface area contributed by atoms with Crippen LogP contribution >= 0.6 is 0 Å². The lowest BCUT2D eigenvalue weighted by Gasteiger charge is -2.20. The lowest BCUT2D eigenvalue weighted by atomic mass is 10.1. The first kappa shape index (κ1) is 21.8. The number of esters is 1. The van der Waals surface area contributed by atoms with Crippen LogP contribution in [0.4, 0.5) is 4.79 Å². The van der Waals surface area contributed by atoms with Crippen molar-refractivity contribution in [2.75, 3.05) is 19.7 Å². The smallest absolute Gasteiger partial charge is 0.338 e. The standard InChI is InChI=1S/C18H25N3O6S/c1-18(2,3)20-17(24)19-15(22)12-27-16(23)13-7-6-8-14(11-13)28(25,26)21-9-4-5-10-21/h6-8,11H,4-5,9-10,12H2,1-3H3,(H2,19,20,22,24). The highest BCUT2D eigenvalue weighted by Crippen LogP contribution is 2.21. The second-order valence-corrected chi connectivity index (χ2v) is 9.41. The number of imide groups is 1. The predicted octanol–water partition coefficient (Wildman–Crippen LogP) is 1.25. The zero-order valence-corrected chi connectivity index (χ0v) is 17.0. The van der Waals surface area contributed by atoms with Gasteiger partial charge in [-0.15, -0.1) is 0 Å². The molecule has 0 spiro atoms. The summed E-state index contributed by atoms with van der Waals surface area (Å²) in [5, 5.41) is 4.58. The highest BCUT2D eigenvalue weighted by Gasteiger charge is 2.28. The molecule has 154 valence electrons. The zero-order chi connectivity index (χ0) is 20.9. The molecule has 0 aliphatic carbocycles. The minimum Gasteiger partial charge on any atom is -0.452 e. The van der Waals surface area contributed by atoms with Crippen LogP contribution in [0.15, 0.2) is 29.2 Å². The fraction of sp³-hybridized carbons (Fsp3) is 0.500. The second-order valence-electron chi connectivity index (χ2n) is 7.47. The largest absolute Gasteiger partial charge is 0.452 e. The molecule has 3 amide bonds. The van der Waals surface area contributed by atoms with E-state index in [1.165, 1.54) is 28.6 Å². The third-order valence-electron chi connectivity index (χ3n) is 3.85. The molecular formula is C18H25N3O6S. The first-order valence-corrected chi connectivity index (χ1v) is 10.3. The average Bonchev–Trinajstić information content (AvgIpc) is 3.13. The Morgan fingerprint density at radius 3 is 2.39 bits per heavy atom. The van der Waals surface area contributed by atoms with Gasteiger partial charge in [0.1, 0.15) is 0 Å². The molecule has 0 atom stereocenters. The quantitative estimate of drug-likeness (QED) is 0.703. The Bertz CT molecular complexity index is 854.